The standard InChI is InChI=1S/C22H22FN3O3/c1-2-6-20-19(12-25-26(20)18-7-4-3-5-8-18)22(27)24-11-15-9-17(23)10-16-13-28-14-29-21(15)16/h3-5,7-10,12H,2,6,11,13-14H2,1H3,(H,24,27). The normalized spacial score (nSPS) is 12.9. The van der Waals surface area contributed by atoms with E-state index in [-0.39, 0.29) is 25.1 Å². The minimum absolute atomic E-state index is 0.115. The fraction of sp³-hybridized carbons (Fsp3) is 0.273. The van der Waals surface area contributed by atoms with E-state index in [1.54, 1.807) is 10.9 Å². The molecule has 0 saturated carbocycles. The molecule has 1 N–H and O–H groups in total. The zero-order chi connectivity index (χ0) is 20.2. The Balaban J connectivity index is 1.57. The number of aromatic nitrogens is 2. The number of carbonyl (C=O) groups is 1. The molecule has 1 aliphatic rings. The van der Waals surface area contributed by atoms with Crippen LogP contribution in [0.15, 0.2) is 48.7 Å². The first-order valence-electron chi connectivity index (χ1n) is 9.59. The van der Waals surface area contributed by atoms with Gasteiger partial charge in [0.15, 0.2) is 6.79 Å². The minimum Gasteiger partial charge on any atom is -0.467 e. The molecule has 29 heavy (non-hydrogen) atoms. The van der Waals surface area contributed by atoms with Crippen LogP contribution in [0.1, 0.15) is 40.5 Å². The van der Waals surface area contributed by atoms with E-state index in [0.717, 1.165) is 17.8 Å². The Bertz CT molecular complexity index is 1020. The molecule has 0 saturated heterocycles. The highest BCUT2D eigenvalue weighted by Crippen LogP contribution is 2.29. The molecule has 2 aromatic carbocycles. The van der Waals surface area contributed by atoms with Gasteiger partial charge in [-0.15, -0.1) is 0 Å². The molecule has 0 fully saturated rings. The lowest BCUT2D eigenvalue weighted by Crippen LogP contribution is -2.25. The molecular formula is C22H22FN3O3. The van der Waals surface area contributed by atoms with Gasteiger partial charge in [0.1, 0.15) is 11.6 Å². The molecule has 0 unspecified atom stereocenters. The van der Waals surface area contributed by atoms with Crippen LogP contribution in [0, 0.1) is 5.82 Å². The Morgan fingerprint density at radius 3 is 2.90 bits per heavy atom. The van der Waals surface area contributed by atoms with Gasteiger partial charge in [-0.25, -0.2) is 9.07 Å². The predicted octanol–water partition coefficient (Wildman–Crippen LogP) is 3.76. The molecule has 150 valence electrons. The lowest BCUT2D eigenvalue weighted by atomic mass is 10.1. The topological polar surface area (TPSA) is 65.4 Å². The van der Waals surface area contributed by atoms with E-state index < -0.39 is 0 Å². The van der Waals surface area contributed by atoms with Crippen molar-refractivity contribution < 1.29 is 18.7 Å². The molecule has 3 aromatic rings. The van der Waals surface area contributed by atoms with Crippen LogP contribution in [0.3, 0.4) is 0 Å². The summed E-state index contributed by atoms with van der Waals surface area (Å²) in [5, 5.41) is 7.30. The third-order valence-corrected chi connectivity index (χ3v) is 4.79. The van der Waals surface area contributed by atoms with E-state index in [4.69, 9.17) is 9.47 Å². The van der Waals surface area contributed by atoms with E-state index in [1.807, 2.05) is 30.3 Å². The van der Waals surface area contributed by atoms with Crippen LogP contribution in [-0.4, -0.2) is 22.5 Å². The van der Waals surface area contributed by atoms with E-state index in [2.05, 4.69) is 17.3 Å². The number of ether oxygens (including phenoxy) is 2. The first kappa shape index (κ1) is 19.1. The second kappa shape index (κ2) is 8.45. The van der Waals surface area contributed by atoms with E-state index in [1.165, 1.54) is 12.1 Å². The fourth-order valence-corrected chi connectivity index (χ4v) is 3.49. The van der Waals surface area contributed by atoms with Gasteiger partial charge in [0.25, 0.3) is 5.91 Å². The van der Waals surface area contributed by atoms with Crippen molar-refractivity contribution in [1.82, 2.24) is 15.1 Å². The van der Waals surface area contributed by atoms with Crippen molar-refractivity contribution in [2.75, 3.05) is 6.79 Å². The summed E-state index contributed by atoms with van der Waals surface area (Å²) < 4.78 is 26.4. The van der Waals surface area contributed by atoms with Gasteiger partial charge in [0.2, 0.25) is 0 Å². The first-order chi connectivity index (χ1) is 14.2. The molecule has 1 aliphatic heterocycles. The lowest BCUT2D eigenvalue weighted by Gasteiger charge is -2.21. The molecule has 6 nitrogen and oxygen atoms in total. The van der Waals surface area contributed by atoms with Crippen molar-refractivity contribution in [3.8, 4) is 11.4 Å². The van der Waals surface area contributed by atoms with Crippen molar-refractivity contribution in [2.45, 2.75) is 32.9 Å². The van der Waals surface area contributed by atoms with Crippen molar-refractivity contribution in [2.24, 2.45) is 0 Å². The molecule has 7 heteroatoms. The highest BCUT2D eigenvalue weighted by molar-refractivity contribution is 5.95. The van der Waals surface area contributed by atoms with E-state index in [0.29, 0.717) is 35.5 Å². The summed E-state index contributed by atoms with van der Waals surface area (Å²) >= 11 is 0. The highest BCUT2D eigenvalue weighted by Gasteiger charge is 2.20. The number of amides is 1. The average Bonchev–Trinajstić information content (AvgIpc) is 3.16. The number of benzene rings is 2. The fourth-order valence-electron chi connectivity index (χ4n) is 3.49. The second-order valence-electron chi connectivity index (χ2n) is 6.85. The van der Waals surface area contributed by atoms with Crippen LogP contribution >= 0.6 is 0 Å². The third kappa shape index (κ3) is 4.00. The highest BCUT2D eigenvalue weighted by atomic mass is 19.1. The quantitative estimate of drug-likeness (QED) is 0.690. The maximum Gasteiger partial charge on any atom is 0.255 e. The molecule has 4 rings (SSSR count). The van der Waals surface area contributed by atoms with Gasteiger partial charge in [-0.3, -0.25) is 4.79 Å². The molecular weight excluding hydrogens is 373 g/mol. The Labute approximate surface area is 168 Å². The van der Waals surface area contributed by atoms with Crippen LogP contribution in [0.4, 0.5) is 4.39 Å². The maximum absolute atomic E-state index is 13.9. The van der Waals surface area contributed by atoms with Crippen molar-refractivity contribution >= 4 is 5.91 Å². The molecule has 0 radical (unpaired) electrons. The van der Waals surface area contributed by atoms with Gasteiger partial charge in [0.05, 0.1) is 29.7 Å². The summed E-state index contributed by atoms with van der Waals surface area (Å²) in [6, 6.07) is 12.5. The molecule has 1 amide bonds. The minimum atomic E-state index is -0.384. The molecule has 2 heterocycles. The first-order valence-corrected chi connectivity index (χ1v) is 9.59. The molecule has 0 bridgehead atoms. The van der Waals surface area contributed by atoms with E-state index in [9.17, 15) is 9.18 Å². The number of halogens is 1. The average molecular weight is 395 g/mol. The summed E-state index contributed by atoms with van der Waals surface area (Å²) in [6.45, 7) is 2.62. The maximum atomic E-state index is 13.9. The SMILES string of the molecule is CCCc1c(C(=O)NCc2cc(F)cc3c2OCOC3)cnn1-c1ccccc1. The van der Waals surface area contributed by atoms with Gasteiger partial charge < -0.3 is 14.8 Å². The number of carbonyl (C=O) groups excluding carboxylic acids is 1. The Hall–Kier alpha value is -3.19. The molecule has 0 atom stereocenters. The van der Waals surface area contributed by atoms with Crippen LogP contribution in [-0.2, 0) is 24.3 Å². The van der Waals surface area contributed by atoms with Crippen molar-refractivity contribution in [3.05, 3.63) is 76.9 Å². The number of nitrogens with zero attached hydrogens (tertiary/aromatic N) is 2. The third-order valence-electron chi connectivity index (χ3n) is 4.79. The largest absolute Gasteiger partial charge is 0.467 e. The number of hydrogen-bond acceptors (Lipinski definition) is 4. The summed E-state index contributed by atoms with van der Waals surface area (Å²) in [5.74, 6) is -0.0573. The van der Waals surface area contributed by atoms with Crippen molar-refractivity contribution in [3.63, 3.8) is 0 Å². The van der Waals surface area contributed by atoms with Crippen LogP contribution in [0.5, 0.6) is 5.75 Å². The summed E-state index contributed by atoms with van der Waals surface area (Å²) in [6.07, 6.45) is 3.18. The second-order valence-corrected chi connectivity index (χ2v) is 6.85. The van der Waals surface area contributed by atoms with Crippen molar-refractivity contribution in [1.29, 1.82) is 0 Å². The number of para-hydroxylation sites is 1. The van der Waals surface area contributed by atoms with Crippen LogP contribution in [0.25, 0.3) is 5.69 Å². The number of fused-ring (bicyclic) bond motifs is 1. The van der Waals surface area contributed by atoms with Gasteiger partial charge >= 0.3 is 0 Å². The zero-order valence-corrected chi connectivity index (χ0v) is 16.2. The van der Waals surface area contributed by atoms with Gasteiger partial charge in [-0.2, -0.15) is 5.10 Å². The Kier molecular flexibility index (Phi) is 5.57. The molecule has 0 aliphatic carbocycles. The summed E-state index contributed by atoms with van der Waals surface area (Å²) in [4.78, 5) is 12.9. The van der Waals surface area contributed by atoms with Crippen LogP contribution in [0.2, 0.25) is 0 Å². The molecule has 0 spiro atoms. The smallest absolute Gasteiger partial charge is 0.255 e. The number of nitrogens with one attached hydrogen (secondary N) is 1. The Morgan fingerprint density at radius 2 is 2.10 bits per heavy atom. The molecule has 1 aromatic heterocycles. The lowest BCUT2D eigenvalue weighted by molar-refractivity contribution is -0.0173. The van der Waals surface area contributed by atoms with Gasteiger partial charge in [-0.1, -0.05) is 31.5 Å². The van der Waals surface area contributed by atoms with Crippen LogP contribution < -0.4 is 10.1 Å². The van der Waals surface area contributed by atoms with E-state index >= 15 is 0 Å². The number of hydrogen-bond donors (Lipinski definition) is 1. The summed E-state index contributed by atoms with van der Waals surface area (Å²) in [7, 11) is 0. The number of rotatable bonds is 6. The predicted molar refractivity (Wildman–Crippen MR) is 105 cm³/mol. The Morgan fingerprint density at radius 1 is 1.28 bits per heavy atom. The zero-order valence-electron chi connectivity index (χ0n) is 16.2. The monoisotopic (exact) mass is 395 g/mol. The summed E-state index contributed by atoms with van der Waals surface area (Å²) in [5.41, 5.74) is 3.50. The van der Waals surface area contributed by atoms with Gasteiger partial charge in [-0.05, 0) is 30.7 Å². The van der Waals surface area contributed by atoms with Gasteiger partial charge in [0, 0.05) is 17.7 Å².